The van der Waals surface area contributed by atoms with Crippen LogP contribution in [-0.2, 0) is 0 Å². The molecule has 0 fully saturated rings. The van der Waals surface area contributed by atoms with Crippen LogP contribution in [0, 0.1) is 0 Å². The highest BCUT2D eigenvalue weighted by molar-refractivity contribution is 6.30. The van der Waals surface area contributed by atoms with Crippen LogP contribution in [0.15, 0.2) is 44.1 Å². The zero-order chi connectivity index (χ0) is 14.7. The quantitative estimate of drug-likeness (QED) is 0.722. The lowest BCUT2D eigenvalue weighted by molar-refractivity contribution is 0.0995. The fourth-order valence-electron chi connectivity index (χ4n) is 1.34. The Hall–Kier alpha value is -2.74. The van der Waals surface area contributed by atoms with Crippen LogP contribution in [0.4, 0.5) is 5.69 Å². The van der Waals surface area contributed by atoms with Crippen molar-refractivity contribution in [3.05, 3.63) is 55.7 Å². The Labute approximate surface area is 115 Å². The summed E-state index contributed by atoms with van der Waals surface area (Å²) in [6.45, 7) is 0. The first-order valence-corrected chi connectivity index (χ1v) is 5.62. The normalized spacial score (nSPS) is 10.8. The third-order valence-corrected chi connectivity index (χ3v) is 2.45. The van der Waals surface area contributed by atoms with E-state index in [2.05, 4.69) is 10.2 Å². The molecule has 1 amide bonds. The largest absolute Gasteiger partial charge is 0.493 e. The van der Waals surface area contributed by atoms with Crippen molar-refractivity contribution >= 4 is 23.2 Å². The molecule has 0 radical (unpaired) electrons. The van der Waals surface area contributed by atoms with E-state index in [-0.39, 0.29) is 5.56 Å². The van der Waals surface area contributed by atoms with Gasteiger partial charge in [0, 0.05) is 10.6 Å². The molecule has 0 atom stereocenters. The van der Waals surface area contributed by atoms with E-state index in [4.69, 9.17) is 11.6 Å². The summed E-state index contributed by atoms with van der Waals surface area (Å²) >= 11 is 5.71. The van der Waals surface area contributed by atoms with Crippen molar-refractivity contribution in [2.24, 2.45) is 10.2 Å². The average molecular weight is 295 g/mol. The molecule has 1 aromatic heterocycles. The van der Waals surface area contributed by atoms with Gasteiger partial charge < -0.3 is 5.11 Å². The summed E-state index contributed by atoms with van der Waals surface area (Å²) in [7, 11) is 0. The summed E-state index contributed by atoms with van der Waals surface area (Å²) in [5.41, 5.74) is -2.26. The summed E-state index contributed by atoms with van der Waals surface area (Å²) in [5, 5.41) is 16.3. The molecule has 2 rings (SSSR count). The van der Waals surface area contributed by atoms with Gasteiger partial charge in [-0.25, -0.2) is 4.79 Å². The number of carbonyl (C=O) groups is 1. The highest BCUT2D eigenvalue weighted by Crippen LogP contribution is 2.17. The van der Waals surface area contributed by atoms with E-state index < -0.39 is 28.7 Å². The van der Waals surface area contributed by atoms with Crippen molar-refractivity contribution in [1.82, 2.24) is 9.97 Å². The second kappa shape index (κ2) is 5.49. The van der Waals surface area contributed by atoms with Gasteiger partial charge in [0.15, 0.2) is 0 Å². The maximum Gasteiger partial charge on any atom is 0.328 e. The molecule has 0 aliphatic carbocycles. The molecule has 8 nitrogen and oxygen atoms in total. The number of hydrogen-bond acceptors (Lipinski definition) is 5. The van der Waals surface area contributed by atoms with Gasteiger partial charge in [-0.3, -0.25) is 19.6 Å². The van der Waals surface area contributed by atoms with Crippen LogP contribution in [0.1, 0.15) is 10.4 Å². The molecule has 0 spiro atoms. The number of halogens is 1. The number of hydrogen-bond donors (Lipinski definition) is 3. The van der Waals surface area contributed by atoms with Gasteiger partial charge in [0.05, 0.1) is 0 Å². The number of aromatic nitrogens is 2. The minimum atomic E-state index is -0.964. The van der Waals surface area contributed by atoms with Crippen LogP contribution in [0.25, 0.3) is 0 Å². The summed E-state index contributed by atoms with van der Waals surface area (Å²) in [4.78, 5) is 37.6. The molecular weight excluding hydrogens is 288 g/mol. The number of amides is 1. The predicted octanol–water partition coefficient (Wildman–Crippen LogP) is 1.35. The molecule has 1 heterocycles. The predicted molar refractivity (Wildman–Crippen MR) is 69.6 cm³/mol. The standard InChI is InChI=1S/C11H7ClN4O4/c12-6-3-1-2-5(4-6)8(17)16-15-7-9(18)13-11(20)14-10(7)19/h1-4H,(H3,13,14,18,19,20). The van der Waals surface area contributed by atoms with E-state index in [9.17, 15) is 19.5 Å². The number of azo groups is 1. The number of nitrogens with zero attached hydrogens (tertiary/aromatic N) is 2. The monoisotopic (exact) mass is 294 g/mol. The SMILES string of the molecule is O=C(N=Nc1c(O)[nH]c(=O)[nH]c1=O)c1cccc(Cl)c1. The highest BCUT2D eigenvalue weighted by atomic mass is 35.5. The average Bonchev–Trinajstić information content (AvgIpc) is 2.37. The summed E-state index contributed by atoms with van der Waals surface area (Å²) < 4.78 is 0. The smallest absolute Gasteiger partial charge is 0.328 e. The molecule has 0 aliphatic rings. The summed E-state index contributed by atoms with van der Waals surface area (Å²) in [6, 6.07) is 5.97. The molecule has 102 valence electrons. The fourth-order valence-corrected chi connectivity index (χ4v) is 1.53. The number of carbonyl (C=O) groups excluding carboxylic acids is 1. The molecule has 1 aromatic carbocycles. The van der Waals surface area contributed by atoms with Crippen molar-refractivity contribution in [3.63, 3.8) is 0 Å². The van der Waals surface area contributed by atoms with E-state index in [0.717, 1.165) is 0 Å². The van der Waals surface area contributed by atoms with Crippen molar-refractivity contribution in [3.8, 4) is 5.88 Å². The lowest BCUT2D eigenvalue weighted by Gasteiger charge is -1.96. The van der Waals surface area contributed by atoms with E-state index in [0.29, 0.717) is 5.02 Å². The zero-order valence-corrected chi connectivity index (χ0v) is 10.5. The topological polar surface area (TPSA) is 128 Å². The Morgan fingerprint density at radius 1 is 1.25 bits per heavy atom. The number of nitrogens with one attached hydrogen (secondary N) is 2. The van der Waals surface area contributed by atoms with Gasteiger partial charge in [-0.05, 0) is 18.2 Å². The van der Waals surface area contributed by atoms with Crippen LogP contribution in [0.3, 0.4) is 0 Å². The molecule has 0 aliphatic heterocycles. The van der Waals surface area contributed by atoms with Crippen molar-refractivity contribution in [2.45, 2.75) is 0 Å². The Morgan fingerprint density at radius 2 is 2.00 bits per heavy atom. The van der Waals surface area contributed by atoms with Crippen molar-refractivity contribution < 1.29 is 9.90 Å². The number of rotatable bonds is 2. The second-order valence-electron chi connectivity index (χ2n) is 3.62. The third kappa shape index (κ3) is 2.98. The van der Waals surface area contributed by atoms with Gasteiger partial charge in [0.2, 0.25) is 11.6 Å². The first kappa shape index (κ1) is 13.7. The molecule has 0 saturated heterocycles. The maximum absolute atomic E-state index is 11.7. The van der Waals surface area contributed by atoms with Crippen molar-refractivity contribution in [1.29, 1.82) is 0 Å². The zero-order valence-electron chi connectivity index (χ0n) is 9.75. The van der Waals surface area contributed by atoms with Gasteiger partial charge in [-0.1, -0.05) is 17.7 Å². The summed E-state index contributed by atoms with van der Waals surface area (Å²) in [6.07, 6.45) is 0. The van der Waals surface area contributed by atoms with E-state index in [1.54, 1.807) is 12.1 Å². The second-order valence-corrected chi connectivity index (χ2v) is 4.06. The molecule has 2 aromatic rings. The first-order valence-electron chi connectivity index (χ1n) is 5.24. The van der Waals surface area contributed by atoms with E-state index in [1.807, 2.05) is 9.97 Å². The fraction of sp³-hybridized carbons (Fsp3) is 0. The Bertz CT molecular complexity index is 809. The van der Waals surface area contributed by atoms with Gasteiger partial charge >= 0.3 is 5.69 Å². The highest BCUT2D eigenvalue weighted by Gasteiger charge is 2.09. The minimum Gasteiger partial charge on any atom is -0.493 e. The molecule has 20 heavy (non-hydrogen) atoms. The Kier molecular flexibility index (Phi) is 3.76. The van der Waals surface area contributed by atoms with Gasteiger partial charge in [0.25, 0.3) is 11.5 Å². The number of aromatic amines is 2. The summed E-state index contributed by atoms with van der Waals surface area (Å²) in [5.74, 6) is -1.53. The lowest BCUT2D eigenvalue weighted by atomic mass is 10.2. The van der Waals surface area contributed by atoms with Crippen molar-refractivity contribution in [2.75, 3.05) is 0 Å². The molecule has 0 bridgehead atoms. The van der Waals surface area contributed by atoms with E-state index in [1.165, 1.54) is 12.1 Å². The molecule has 3 N–H and O–H groups in total. The minimum absolute atomic E-state index is 0.168. The van der Waals surface area contributed by atoms with Crippen LogP contribution < -0.4 is 11.2 Å². The number of aromatic hydroxyl groups is 1. The van der Waals surface area contributed by atoms with Crippen LogP contribution in [0.2, 0.25) is 5.02 Å². The molecule has 0 saturated carbocycles. The van der Waals surface area contributed by atoms with Gasteiger partial charge in [0.1, 0.15) is 0 Å². The molecule has 0 unspecified atom stereocenters. The van der Waals surface area contributed by atoms with Gasteiger partial charge in [-0.15, -0.1) is 10.2 Å². The third-order valence-electron chi connectivity index (χ3n) is 2.21. The van der Waals surface area contributed by atoms with Crippen LogP contribution in [0.5, 0.6) is 5.88 Å². The Balaban J connectivity index is 2.33. The van der Waals surface area contributed by atoms with Crippen LogP contribution in [-0.4, -0.2) is 21.0 Å². The van der Waals surface area contributed by atoms with Gasteiger partial charge in [-0.2, -0.15) is 0 Å². The lowest BCUT2D eigenvalue weighted by Crippen LogP contribution is -2.21. The molecular formula is C11H7ClN4O4. The Morgan fingerprint density at radius 3 is 2.65 bits per heavy atom. The molecule has 9 heteroatoms. The number of H-pyrrole nitrogens is 2. The van der Waals surface area contributed by atoms with Crippen LogP contribution >= 0.6 is 11.6 Å². The first-order chi connectivity index (χ1) is 9.47. The van der Waals surface area contributed by atoms with E-state index >= 15 is 0 Å². The number of benzene rings is 1. The maximum atomic E-state index is 11.7.